The zero-order valence-electron chi connectivity index (χ0n) is 10.8. The molecule has 2 aromatic rings. The normalized spacial score (nSPS) is 11.3. The molecule has 19 heavy (non-hydrogen) atoms. The zero-order valence-corrected chi connectivity index (χ0v) is 10.8. The van der Waals surface area contributed by atoms with Gasteiger partial charge in [0.1, 0.15) is 5.82 Å². The third kappa shape index (κ3) is 3.64. The van der Waals surface area contributed by atoms with E-state index in [4.69, 9.17) is 4.52 Å². The topological polar surface area (TPSA) is 55.1 Å². The molecular formula is C14H15FN2O2. The summed E-state index contributed by atoms with van der Waals surface area (Å²) in [5.74, 6) is -0.413. The number of nitrogens with one attached hydrogen (secondary N) is 1. The molecule has 1 heterocycles. The molecule has 0 atom stereocenters. The Hall–Kier alpha value is -2.17. The van der Waals surface area contributed by atoms with E-state index in [1.165, 1.54) is 24.4 Å². The van der Waals surface area contributed by atoms with Gasteiger partial charge in [-0.3, -0.25) is 4.79 Å². The molecule has 1 aromatic heterocycles. The fourth-order valence-corrected chi connectivity index (χ4v) is 1.86. The Morgan fingerprint density at radius 3 is 2.58 bits per heavy atom. The quantitative estimate of drug-likeness (QED) is 0.921. The average molecular weight is 262 g/mol. The molecule has 0 aliphatic heterocycles. The van der Waals surface area contributed by atoms with Crippen LogP contribution in [0.5, 0.6) is 0 Å². The van der Waals surface area contributed by atoms with Gasteiger partial charge in [0.15, 0.2) is 0 Å². The molecule has 0 bridgehead atoms. The Labute approximate surface area is 110 Å². The van der Waals surface area contributed by atoms with E-state index in [9.17, 15) is 9.18 Å². The highest BCUT2D eigenvalue weighted by molar-refractivity contribution is 5.91. The van der Waals surface area contributed by atoms with Gasteiger partial charge < -0.3 is 9.84 Å². The maximum absolute atomic E-state index is 12.8. The second-order valence-electron chi connectivity index (χ2n) is 5.02. The summed E-state index contributed by atoms with van der Waals surface area (Å²) in [6, 6.07) is 7.73. The third-order valence-electron chi connectivity index (χ3n) is 2.67. The standard InChI is InChI=1S/C14H15FN2O2/c1-14(2,9-10-3-5-11(15)6-4-10)17-13(18)12-7-8-16-19-12/h3-8H,9H2,1-2H3,(H,17,18). The molecule has 1 amide bonds. The number of amides is 1. The van der Waals surface area contributed by atoms with Crippen LogP contribution in [0.2, 0.25) is 0 Å². The highest BCUT2D eigenvalue weighted by Crippen LogP contribution is 2.14. The summed E-state index contributed by atoms with van der Waals surface area (Å²) in [6.45, 7) is 3.79. The van der Waals surface area contributed by atoms with Crippen LogP contribution in [-0.2, 0) is 6.42 Å². The highest BCUT2D eigenvalue weighted by atomic mass is 19.1. The number of carbonyl (C=O) groups excluding carboxylic acids is 1. The second-order valence-corrected chi connectivity index (χ2v) is 5.02. The van der Waals surface area contributed by atoms with Crippen molar-refractivity contribution in [3.05, 3.63) is 53.7 Å². The van der Waals surface area contributed by atoms with Crippen molar-refractivity contribution in [2.24, 2.45) is 0 Å². The van der Waals surface area contributed by atoms with E-state index in [0.29, 0.717) is 6.42 Å². The molecule has 0 radical (unpaired) electrons. The first-order valence-electron chi connectivity index (χ1n) is 5.94. The van der Waals surface area contributed by atoms with Gasteiger partial charge in [-0.05, 0) is 38.0 Å². The van der Waals surface area contributed by atoms with Crippen molar-refractivity contribution in [1.29, 1.82) is 0 Å². The molecule has 4 nitrogen and oxygen atoms in total. The maximum atomic E-state index is 12.8. The number of benzene rings is 1. The Morgan fingerprint density at radius 1 is 1.32 bits per heavy atom. The van der Waals surface area contributed by atoms with Crippen molar-refractivity contribution in [2.45, 2.75) is 25.8 Å². The number of halogens is 1. The van der Waals surface area contributed by atoms with Crippen LogP contribution < -0.4 is 5.32 Å². The van der Waals surface area contributed by atoms with Gasteiger partial charge in [0.2, 0.25) is 5.76 Å². The third-order valence-corrected chi connectivity index (χ3v) is 2.67. The van der Waals surface area contributed by atoms with Gasteiger partial charge in [-0.25, -0.2) is 4.39 Å². The van der Waals surface area contributed by atoms with E-state index in [-0.39, 0.29) is 17.5 Å². The van der Waals surface area contributed by atoms with Gasteiger partial charge in [-0.2, -0.15) is 0 Å². The minimum absolute atomic E-state index is 0.173. The van der Waals surface area contributed by atoms with Crippen LogP contribution in [0.1, 0.15) is 30.0 Å². The van der Waals surface area contributed by atoms with Crippen LogP contribution in [-0.4, -0.2) is 16.6 Å². The summed E-state index contributed by atoms with van der Waals surface area (Å²) in [7, 11) is 0. The zero-order chi connectivity index (χ0) is 13.9. The summed E-state index contributed by atoms with van der Waals surface area (Å²) >= 11 is 0. The number of hydrogen-bond donors (Lipinski definition) is 1. The van der Waals surface area contributed by atoms with Gasteiger partial charge in [-0.1, -0.05) is 17.3 Å². The van der Waals surface area contributed by atoms with E-state index in [2.05, 4.69) is 10.5 Å². The molecule has 0 saturated carbocycles. The summed E-state index contributed by atoms with van der Waals surface area (Å²) in [5, 5.41) is 6.34. The average Bonchev–Trinajstić information content (AvgIpc) is 2.85. The van der Waals surface area contributed by atoms with E-state index in [0.717, 1.165) is 5.56 Å². The number of hydrogen-bond acceptors (Lipinski definition) is 3. The van der Waals surface area contributed by atoms with Crippen LogP contribution >= 0.6 is 0 Å². The van der Waals surface area contributed by atoms with Crippen molar-refractivity contribution < 1.29 is 13.7 Å². The van der Waals surface area contributed by atoms with Crippen LogP contribution in [0, 0.1) is 5.82 Å². The van der Waals surface area contributed by atoms with Crippen molar-refractivity contribution in [3.63, 3.8) is 0 Å². The molecule has 2 rings (SSSR count). The Kier molecular flexibility index (Phi) is 3.64. The fraction of sp³-hybridized carbons (Fsp3) is 0.286. The summed E-state index contributed by atoms with van der Waals surface area (Å²) in [5.41, 5.74) is 0.478. The first-order valence-corrected chi connectivity index (χ1v) is 5.94. The SMILES string of the molecule is CC(C)(Cc1ccc(F)cc1)NC(=O)c1ccno1. The summed E-state index contributed by atoms with van der Waals surface area (Å²) in [4.78, 5) is 11.9. The van der Waals surface area contributed by atoms with Gasteiger partial charge >= 0.3 is 0 Å². The van der Waals surface area contributed by atoms with Crippen molar-refractivity contribution >= 4 is 5.91 Å². The molecule has 5 heteroatoms. The molecule has 0 aliphatic carbocycles. The van der Waals surface area contributed by atoms with Gasteiger partial charge in [0.25, 0.3) is 5.91 Å². The lowest BCUT2D eigenvalue weighted by Crippen LogP contribution is -2.45. The van der Waals surface area contributed by atoms with Gasteiger partial charge in [-0.15, -0.1) is 0 Å². The lowest BCUT2D eigenvalue weighted by molar-refractivity contribution is 0.0875. The Balaban J connectivity index is 2.02. The summed E-state index contributed by atoms with van der Waals surface area (Å²) < 4.78 is 17.6. The highest BCUT2D eigenvalue weighted by Gasteiger charge is 2.23. The van der Waals surface area contributed by atoms with Crippen molar-refractivity contribution in [2.75, 3.05) is 0 Å². The molecule has 1 N–H and O–H groups in total. The molecule has 0 fully saturated rings. The molecule has 0 unspecified atom stereocenters. The van der Waals surface area contributed by atoms with E-state index in [1.807, 2.05) is 13.8 Å². The van der Waals surface area contributed by atoms with Crippen LogP contribution in [0.3, 0.4) is 0 Å². The maximum Gasteiger partial charge on any atom is 0.290 e. The Bertz CT molecular complexity index is 547. The van der Waals surface area contributed by atoms with Crippen LogP contribution in [0.4, 0.5) is 4.39 Å². The molecule has 1 aromatic carbocycles. The lowest BCUT2D eigenvalue weighted by atomic mass is 9.95. The van der Waals surface area contributed by atoms with Crippen LogP contribution in [0.25, 0.3) is 0 Å². The van der Waals surface area contributed by atoms with Gasteiger partial charge in [0.05, 0.1) is 6.20 Å². The monoisotopic (exact) mass is 262 g/mol. The minimum Gasteiger partial charge on any atom is -0.351 e. The van der Waals surface area contributed by atoms with E-state index in [1.54, 1.807) is 12.1 Å². The molecule has 0 saturated heterocycles. The lowest BCUT2D eigenvalue weighted by Gasteiger charge is -2.25. The largest absolute Gasteiger partial charge is 0.351 e. The van der Waals surface area contributed by atoms with Crippen LogP contribution in [0.15, 0.2) is 41.1 Å². The fourth-order valence-electron chi connectivity index (χ4n) is 1.86. The van der Waals surface area contributed by atoms with Crippen molar-refractivity contribution in [3.8, 4) is 0 Å². The second kappa shape index (κ2) is 5.22. The number of aromatic nitrogens is 1. The molecule has 100 valence electrons. The predicted molar refractivity (Wildman–Crippen MR) is 68.2 cm³/mol. The van der Waals surface area contributed by atoms with Gasteiger partial charge in [0, 0.05) is 11.6 Å². The Morgan fingerprint density at radius 2 is 2.00 bits per heavy atom. The minimum atomic E-state index is -0.471. The first kappa shape index (κ1) is 13.3. The first-order chi connectivity index (χ1) is 8.96. The van der Waals surface area contributed by atoms with E-state index >= 15 is 0 Å². The predicted octanol–water partition coefficient (Wildman–Crippen LogP) is 2.56. The number of nitrogens with zero attached hydrogens (tertiary/aromatic N) is 1. The smallest absolute Gasteiger partial charge is 0.290 e. The molecule has 0 aliphatic rings. The summed E-state index contributed by atoms with van der Waals surface area (Å²) in [6.07, 6.45) is 2.01. The number of carbonyl (C=O) groups is 1. The molecule has 0 spiro atoms. The number of rotatable bonds is 4. The van der Waals surface area contributed by atoms with E-state index < -0.39 is 5.54 Å². The van der Waals surface area contributed by atoms with Crippen molar-refractivity contribution in [1.82, 2.24) is 10.5 Å². The molecular weight excluding hydrogens is 247 g/mol.